The Kier molecular flexibility index (Phi) is 4.65. The zero-order valence-corrected chi connectivity index (χ0v) is 17.1. The first-order valence-electron chi connectivity index (χ1n) is 9.43. The van der Waals surface area contributed by atoms with Gasteiger partial charge in [-0.2, -0.15) is 0 Å². The van der Waals surface area contributed by atoms with Crippen molar-refractivity contribution in [2.75, 3.05) is 6.54 Å². The molecule has 3 aromatic rings. The number of hydrogen-bond acceptors (Lipinski definition) is 4. The van der Waals surface area contributed by atoms with Gasteiger partial charge in [0.25, 0.3) is 0 Å². The smallest absolute Gasteiger partial charge is 0.134 e. The second-order valence-corrected chi connectivity index (χ2v) is 8.82. The summed E-state index contributed by atoms with van der Waals surface area (Å²) >= 11 is 6.50. The lowest BCUT2D eigenvalue weighted by molar-refractivity contribution is 0.242. The molecule has 3 heterocycles. The lowest BCUT2D eigenvalue weighted by atomic mass is 9.95. The van der Waals surface area contributed by atoms with Crippen molar-refractivity contribution in [2.24, 2.45) is 0 Å². The summed E-state index contributed by atoms with van der Waals surface area (Å²) in [5, 5.41) is 1.74. The zero-order valence-electron chi connectivity index (χ0n) is 16.4. The summed E-state index contributed by atoms with van der Waals surface area (Å²) in [4.78, 5) is 16.4. The average Bonchev–Trinajstić information content (AvgIpc) is 2.62. The second kappa shape index (κ2) is 6.84. The molecule has 0 aliphatic carbocycles. The molecule has 0 bridgehead atoms. The van der Waals surface area contributed by atoms with E-state index in [1.165, 1.54) is 11.3 Å². The van der Waals surface area contributed by atoms with E-state index in [2.05, 4.69) is 66.8 Å². The lowest BCUT2D eigenvalue weighted by Crippen LogP contribution is -2.32. The van der Waals surface area contributed by atoms with Gasteiger partial charge in [0, 0.05) is 59.9 Å². The van der Waals surface area contributed by atoms with E-state index >= 15 is 0 Å². The molecule has 0 fully saturated rings. The normalized spacial score (nSPS) is 15.1. The first-order valence-corrected chi connectivity index (χ1v) is 9.81. The number of aryl methyl sites for hydroxylation is 1. The largest absolute Gasteiger partial charge is 0.294 e. The van der Waals surface area contributed by atoms with E-state index < -0.39 is 0 Å². The minimum Gasteiger partial charge on any atom is -0.294 e. The number of fused-ring (bicyclic) bond motifs is 2. The predicted octanol–water partition coefficient (Wildman–Crippen LogP) is 4.84. The molecule has 0 unspecified atom stereocenters. The van der Waals surface area contributed by atoms with Gasteiger partial charge in [-0.15, -0.1) is 0 Å². The van der Waals surface area contributed by atoms with Gasteiger partial charge in [-0.05, 0) is 18.6 Å². The van der Waals surface area contributed by atoms with Crippen LogP contribution in [0.15, 0.2) is 30.5 Å². The van der Waals surface area contributed by atoms with Crippen molar-refractivity contribution in [3.63, 3.8) is 0 Å². The molecule has 5 heteroatoms. The maximum atomic E-state index is 6.50. The van der Waals surface area contributed by atoms with Crippen molar-refractivity contribution >= 4 is 22.5 Å². The van der Waals surface area contributed by atoms with Crippen LogP contribution in [0.2, 0.25) is 5.15 Å². The first kappa shape index (κ1) is 18.3. The Labute approximate surface area is 165 Å². The van der Waals surface area contributed by atoms with E-state index in [0.717, 1.165) is 53.9 Å². The molecule has 1 aliphatic heterocycles. The summed E-state index contributed by atoms with van der Waals surface area (Å²) < 4.78 is 0. The Hall–Kier alpha value is -2.04. The van der Waals surface area contributed by atoms with Gasteiger partial charge in [0.15, 0.2) is 0 Å². The van der Waals surface area contributed by atoms with Crippen LogP contribution in [0, 0.1) is 6.92 Å². The van der Waals surface area contributed by atoms with Crippen LogP contribution in [0.1, 0.15) is 49.0 Å². The quantitative estimate of drug-likeness (QED) is 0.596. The third-order valence-electron chi connectivity index (χ3n) is 5.15. The minimum absolute atomic E-state index is 0.0193. The van der Waals surface area contributed by atoms with E-state index in [0.29, 0.717) is 5.15 Å². The van der Waals surface area contributed by atoms with Gasteiger partial charge in [-0.25, -0.2) is 15.0 Å². The van der Waals surface area contributed by atoms with Crippen LogP contribution < -0.4 is 0 Å². The number of nitrogens with zero attached hydrogens (tertiary/aromatic N) is 4. The SMILES string of the molecule is Cc1cccc2cc(CN3CCc4nc(C(C)(C)C)ncc4C3)c(Cl)nc12. The van der Waals surface area contributed by atoms with Gasteiger partial charge in [-0.1, -0.05) is 50.6 Å². The third-order valence-corrected chi connectivity index (χ3v) is 5.48. The van der Waals surface area contributed by atoms with Crippen molar-refractivity contribution < 1.29 is 0 Å². The van der Waals surface area contributed by atoms with Gasteiger partial charge in [0.05, 0.1) is 5.52 Å². The average molecular weight is 381 g/mol. The highest BCUT2D eigenvalue weighted by Crippen LogP contribution is 2.27. The fourth-order valence-corrected chi connectivity index (χ4v) is 3.79. The van der Waals surface area contributed by atoms with E-state index in [1.54, 1.807) is 0 Å². The minimum atomic E-state index is -0.0193. The highest BCUT2D eigenvalue weighted by molar-refractivity contribution is 6.30. The fourth-order valence-electron chi connectivity index (χ4n) is 3.59. The summed E-state index contributed by atoms with van der Waals surface area (Å²) in [6, 6.07) is 8.41. The van der Waals surface area contributed by atoms with Gasteiger partial charge in [0.2, 0.25) is 0 Å². The lowest BCUT2D eigenvalue weighted by Gasteiger charge is -2.29. The van der Waals surface area contributed by atoms with Gasteiger partial charge >= 0.3 is 0 Å². The fraction of sp³-hybridized carbons (Fsp3) is 0.409. The van der Waals surface area contributed by atoms with Crippen LogP contribution >= 0.6 is 11.6 Å². The predicted molar refractivity (Wildman–Crippen MR) is 110 cm³/mol. The molecule has 1 aliphatic rings. The molecule has 0 amide bonds. The summed E-state index contributed by atoms with van der Waals surface area (Å²) in [5.41, 5.74) is 5.59. The van der Waals surface area contributed by atoms with Crippen LogP contribution in [0.5, 0.6) is 0 Å². The van der Waals surface area contributed by atoms with E-state index in [-0.39, 0.29) is 5.41 Å². The highest BCUT2D eigenvalue weighted by atomic mass is 35.5. The number of halogens is 1. The molecule has 140 valence electrons. The molecule has 4 rings (SSSR count). The topological polar surface area (TPSA) is 41.9 Å². The third kappa shape index (κ3) is 3.69. The van der Waals surface area contributed by atoms with Crippen LogP contribution in [0.25, 0.3) is 10.9 Å². The molecule has 0 spiro atoms. The van der Waals surface area contributed by atoms with Gasteiger partial charge < -0.3 is 0 Å². The summed E-state index contributed by atoms with van der Waals surface area (Å²) in [6.07, 6.45) is 2.94. The van der Waals surface area contributed by atoms with Crippen molar-refractivity contribution in [3.05, 3.63) is 63.8 Å². The van der Waals surface area contributed by atoms with Crippen molar-refractivity contribution in [3.8, 4) is 0 Å². The first-order chi connectivity index (χ1) is 12.8. The monoisotopic (exact) mass is 380 g/mol. The van der Waals surface area contributed by atoms with Crippen LogP contribution in [0.4, 0.5) is 0 Å². The van der Waals surface area contributed by atoms with Gasteiger partial charge in [0.1, 0.15) is 11.0 Å². The molecular weight excluding hydrogens is 356 g/mol. The number of para-hydroxylation sites is 1. The molecule has 2 aromatic heterocycles. The Morgan fingerprint density at radius 2 is 2.00 bits per heavy atom. The number of hydrogen-bond donors (Lipinski definition) is 0. The standard InChI is InChI=1S/C22H25ClN4/c1-14-6-5-7-15-10-16(20(23)26-19(14)15)12-27-9-8-18-17(13-27)11-24-21(25-18)22(2,3)4/h5-7,10-11H,8-9,12-13H2,1-4H3. The molecule has 0 saturated carbocycles. The Balaban J connectivity index is 1.57. The van der Waals surface area contributed by atoms with Crippen molar-refractivity contribution in [2.45, 2.75) is 52.6 Å². The summed E-state index contributed by atoms with van der Waals surface area (Å²) in [7, 11) is 0. The van der Waals surface area contributed by atoms with Crippen LogP contribution in [-0.4, -0.2) is 26.4 Å². The number of aromatic nitrogens is 3. The van der Waals surface area contributed by atoms with Crippen LogP contribution in [0.3, 0.4) is 0 Å². The molecule has 0 N–H and O–H groups in total. The maximum absolute atomic E-state index is 6.50. The maximum Gasteiger partial charge on any atom is 0.134 e. The molecule has 0 saturated heterocycles. The van der Waals surface area contributed by atoms with Gasteiger partial charge in [-0.3, -0.25) is 4.90 Å². The number of rotatable bonds is 2. The number of pyridine rings is 1. The van der Waals surface area contributed by atoms with Crippen molar-refractivity contribution in [1.82, 2.24) is 19.9 Å². The summed E-state index contributed by atoms with van der Waals surface area (Å²) in [5.74, 6) is 0.923. The highest BCUT2D eigenvalue weighted by Gasteiger charge is 2.23. The van der Waals surface area contributed by atoms with Crippen molar-refractivity contribution in [1.29, 1.82) is 0 Å². The number of benzene rings is 1. The van der Waals surface area contributed by atoms with E-state index in [9.17, 15) is 0 Å². The van der Waals surface area contributed by atoms with E-state index in [4.69, 9.17) is 16.6 Å². The molecule has 0 radical (unpaired) electrons. The molecule has 27 heavy (non-hydrogen) atoms. The Morgan fingerprint density at radius 1 is 1.19 bits per heavy atom. The second-order valence-electron chi connectivity index (χ2n) is 8.46. The van der Waals surface area contributed by atoms with E-state index in [1.807, 2.05) is 6.20 Å². The molecular formula is C22H25ClN4. The Bertz CT molecular complexity index is 1010. The Morgan fingerprint density at radius 3 is 2.78 bits per heavy atom. The molecule has 0 atom stereocenters. The zero-order chi connectivity index (χ0) is 19.2. The molecule has 4 nitrogen and oxygen atoms in total. The molecule has 1 aromatic carbocycles. The summed E-state index contributed by atoms with van der Waals surface area (Å²) in [6.45, 7) is 11.1. The van der Waals surface area contributed by atoms with Crippen LogP contribution in [-0.2, 0) is 24.9 Å².